The highest BCUT2D eigenvalue weighted by molar-refractivity contribution is 6.31. The average molecular weight is 554 g/mol. The van der Waals surface area contributed by atoms with Crippen molar-refractivity contribution >= 4 is 29.1 Å². The van der Waals surface area contributed by atoms with E-state index in [1.54, 1.807) is 18.2 Å². The van der Waals surface area contributed by atoms with E-state index in [1.165, 1.54) is 30.2 Å². The van der Waals surface area contributed by atoms with Gasteiger partial charge in [-0.3, -0.25) is 19.7 Å². The van der Waals surface area contributed by atoms with Gasteiger partial charge in [-0.2, -0.15) is 0 Å². The van der Waals surface area contributed by atoms with Gasteiger partial charge in [0.1, 0.15) is 11.8 Å². The Bertz CT molecular complexity index is 1310. The molecule has 0 unspecified atom stereocenters. The molecule has 2 amide bonds. The summed E-state index contributed by atoms with van der Waals surface area (Å²) in [5.74, 6) is -0.562. The zero-order valence-electron chi connectivity index (χ0n) is 22.3. The second-order valence-corrected chi connectivity index (χ2v) is 10.3. The lowest BCUT2D eigenvalue weighted by Crippen LogP contribution is -2.55. The van der Waals surface area contributed by atoms with Gasteiger partial charge in [0.2, 0.25) is 11.7 Å². The third kappa shape index (κ3) is 8.44. The van der Waals surface area contributed by atoms with Gasteiger partial charge < -0.3 is 19.7 Å². The molecule has 3 rings (SSSR count). The summed E-state index contributed by atoms with van der Waals surface area (Å²) >= 11 is 6.43. The van der Waals surface area contributed by atoms with Crippen LogP contribution in [0.4, 0.5) is 5.69 Å². The van der Waals surface area contributed by atoms with E-state index in [9.17, 15) is 19.7 Å². The van der Waals surface area contributed by atoms with Gasteiger partial charge in [0, 0.05) is 35.7 Å². The van der Waals surface area contributed by atoms with Crippen LogP contribution >= 0.6 is 11.6 Å². The highest BCUT2D eigenvalue weighted by Gasteiger charge is 2.33. The predicted molar refractivity (Wildman–Crippen MR) is 149 cm³/mol. The fraction of sp³-hybridized carbons (Fsp3) is 0.310. The quantitative estimate of drug-likeness (QED) is 0.258. The average Bonchev–Trinajstić information content (AvgIpc) is 2.89. The van der Waals surface area contributed by atoms with E-state index in [1.807, 2.05) is 57.2 Å². The number of halogens is 1. The van der Waals surface area contributed by atoms with Crippen molar-refractivity contribution in [1.82, 2.24) is 10.2 Å². The first-order valence-corrected chi connectivity index (χ1v) is 12.7. The number of nitrogens with one attached hydrogen (secondary N) is 1. The highest BCUT2D eigenvalue weighted by Crippen LogP contribution is 2.31. The number of rotatable bonds is 11. The molecule has 0 saturated heterocycles. The Labute approximate surface area is 232 Å². The van der Waals surface area contributed by atoms with Crippen molar-refractivity contribution in [3.05, 3.63) is 99.1 Å². The number of nitrogens with zero attached hydrogens (tertiary/aromatic N) is 2. The number of methoxy groups -OCH3 is 1. The molecule has 0 aliphatic carbocycles. The summed E-state index contributed by atoms with van der Waals surface area (Å²) in [5, 5.41) is 14.7. The molecule has 0 bridgehead atoms. The number of carbonyl (C=O) groups is 2. The van der Waals surface area contributed by atoms with Crippen LogP contribution in [-0.2, 0) is 22.6 Å². The molecule has 9 nitrogen and oxygen atoms in total. The zero-order chi connectivity index (χ0) is 28.6. The number of ether oxygens (including phenoxy) is 2. The van der Waals surface area contributed by atoms with Gasteiger partial charge in [-0.05, 0) is 44.0 Å². The highest BCUT2D eigenvalue weighted by atomic mass is 35.5. The van der Waals surface area contributed by atoms with Gasteiger partial charge >= 0.3 is 5.69 Å². The molecule has 0 heterocycles. The lowest BCUT2D eigenvalue weighted by atomic mass is 10.0. The number of benzene rings is 3. The van der Waals surface area contributed by atoms with Crippen LogP contribution in [0, 0.1) is 10.1 Å². The molecule has 0 aliphatic heterocycles. The van der Waals surface area contributed by atoms with E-state index in [-0.39, 0.29) is 36.1 Å². The largest absolute Gasteiger partial charge is 0.490 e. The number of nitro benzene ring substituents is 1. The second kappa shape index (κ2) is 13.1. The van der Waals surface area contributed by atoms with Gasteiger partial charge in [-0.1, -0.05) is 60.1 Å². The van der Waals surface area contributed by atoms with Crippen LogP contribution in [0.5, 0.6) is 11.5 Å². The van der Waals surface area contributed by atoms with Gasteiger partial charge in [0.25, 0.3) is 5.91 Å². The SMILES string of the molecule is COc1cc(OCC(=O)N(Cc2ccccc2Cl)[C@H](Cc2ccccc2)C(=O)NC(C)(C)C)ccc1[N+](=O)[O-]. The molecule has 0 radical (unpaired) electrons. The number of nitro groups is 1. The number of carbonyl (C=O) groups excluding carboxylic acids is 2. The standard InChI is InChI=1S/C29H32ClN3O6/c1-29(2,3)31-28(35)25(16-20-10-6-5-7-11-20)32(18-21-12-8-9-13-23(21)30)27(34)19-39-22-14-15-24(33(36)37)26(17-22)38-4/h5-15,17,25H,16,18-19H2,1-4H3,(H,31,35)/t25-/m1/s1. The van der Waals surface area contributed by atoms with Gasteiger partial charge in [-0.25, -0.2) is 0 Å². The van der Waals surface area contributed by atoms with Crippen LogP contribution in [0.3, 0.4) is 0 Å². The number of amides is 2. The molecule has 206 valence electrons. The van der Waals surface area contributed by atoms with Crippen LogP contribution in [0.2, 0.25) is 5.02 Å². The van der Waals surface area contributed by atoms with Gasteiger partial charge in [0.15, 0.2) is 6.61 Å². The van der Waals surface area contributed by atoms with E-state index in [4.69, 9.17) is 21.1 Å². The second-order valence-electron chi connectivity index (χ2n) is 9.94. The normalized spacial score (nSPS) is 11.8. The first kappa shape index (κ1) is 29.4. The summed E-state index contributed by atoms with van der Waals surface area (Å²) in [6.45, 7) is 5.27. The Balaban J connectivity index is 1.94. The summed E-state index contributed by atoms with van der Waals surface area (Å²) in [6.07, 6.45) is 0.268. The van der Waals surface area contributed by atoms with Crippen molar-refractivity contribution in [2.24, 2.45) is 0 Å². The van der Waals surface area contributed by atoms with Crippen LogP contribution in [0.1, 0.15) is 31.9 Å². The zero-order valence-corrected chi connectivity index (χ0v) is 23.1. The molecule has 1 N–H and O–H groups in total. The maximum atomic E-state index is 13.7. The van der Waals surface area contributed by atoms with Gasteiger partial charge in [0.05, 0.1) is 12.0 Å². The maximum absolute atomic E-state index is 13.7. The summed E-state index contributed by atoms with van der Waals surface area (Å²) in [7, 11) is 1.31. The molecule has 0 saturated carbocycles. The van der Waals surface area contributed by atoms with Crippen LogP contribution in [0.15, 0.2) is 72.8 Å². The van der Waals surface area contributed by atoms with E-state index >= 15 is 0 Å². The lowest BCUT2D eigenvalue weighted by Gasteiger charge is -2.34. The summed E-state index contributed by atoms with van der Waals surface area (Å²) < 4.78 is 10.8. The molecule has 39 heavy (non-hydrogen) atoms. The van der Waals surface area contributed by atoms with Crippen molar-refractivity contribution in [2.45, 2.75) is 45.3 Å². The van der Waals surface area contributed by atoms with Crippen molar-refractivity contribution in [3.8, 4) is 11.5 Å². The van der Waals surface area contributed by atoms with Crippen molar-refractivity contribution in [3.63, 3.8) is 0 Å². The molecule has 3 aromatic rings. The minimum atomic E-state index is -0.870. The molecular formula is C29H32ClN3O6. The Hall–Kier alpha value is -4.11. The summed E-state index contributed by atoms with van der Waals surface area (Å²) in [4.78, 5) is 39.4. The Morgan fingerprint density at radius 1 is 1.05 bits per heavy atom. The molecule has 3 aromatic carbocycles. The topological polar surface area (TPSA) is 111 Å². The van der Waals surface area contributed by atoms with E-state index < -0.39 is 29.0 Å². The molecule has 10 heteroatoms. The first-order chi connectivity index (χ1) is 18.5. The summed E-state index contributed by atoms with van der Waals surface area (Å²) in [5.41, 5.74) is 0.797. The van der Waals surface area contributed by atoms with Crippen LogP contribution in [-0.4, -0.2) is 46.9 Å². The van der Waals surface area contributed by atoms with Gasteiger partial charge in [-0.15, -0.1) is 0 Å². The van der Waals surface area contributed by atoms with Crippen molar-refractivity contribution in [2.75, 3.05) is 13.7 Å². The minimum absolute atomic E-state index is 0.00406. The predicted octanol–water partition coefficient (Wildman–Crippen LogP) is 5.19. The number of hydrogen-bond acceptors (Lipinski definition) is 6. The fourth-order valence-corrected chi connectivity index (χ4v) is 4.14. The Kier molecular flexibility index (Phi) is 9.89. The molecule has 0 aromatic heterocycles. The van der Waals surface area contributed by atoms with Crippen LogP contribution in [0.25, 0.3) is 0 Å². The smallest absolute Gasteiger partial charge is 0.311 e. The third-order valence-corrected chi connectivity index (χ3v) is 6.15. The summed E-state index contributed by atoms with van der Waals surface area (Å²) in [6, 6.07) is 19.7. The lowest BCUT2D eigenvalue weighted by molar-refractivity contribution is -0.385. The molecule has 1 atom stereocenters. The van der Waals surface area contributed by atoms with Crippen molar-refractivity contribution < 1.29 is 24.0 Å². The van der Waals surface area contributed by atoms with E-state index in [2.05, 4.69) is 5.32 Å². The third-order valence-electron chi connectivity index (χ3n) is 5.78. The molecule has 0 spiro atoms. The van der Waals surface area contributed by atoms with E-state index in [0.29, 0.717) is 10.6 Å². The molecular weight excluding hydrogens is 522 g/mol. The van der Waals surface area contributed by atoms with Crippen LogP contribution < -0.4 is 14.8 Å². The fourth-order valence-electron chi connectivity index (χ4n) is 3.94. The Morgan fingerprint density at radius 2 is 1.72 bits per heavy atom. The molecule has 0 fully saturated rings. The maximum Gasteiger partial charge on any atom is 0.311 e. The molecule has 0 aliphatic rings. The number of hydrogen-bond donors (Lipinski definition) is 1. The first-order valence-electron chi connectivity index (χ1n) is 12.3. The van der Waals surface area contributed by atoms with E-state index in [0.717, 1.165) is 5.56 Å². The minimum Gasteiger partial charge on any atom is -0.490 e. The Morgan fingerprint density at radius 3 is 2.33 bits per heavy atom. The monoisotopic (exact) mass is 553 g/mol. The van der Waals surface area contributed by atoms with Crippen molar-refractivity contribution in [1.29, 1.82) is 0 Å².